The van der Waals surface area contributed by atoms with Crippen molar-refractivity contribution in [3.63, 3.8) is 0 Å². The lowest BCUT2D eigenvalue weighted by molar-refractivity contribution is -0.115. The van der Waals surface area contributed by atoms with E-state index in [1.54, 1.807) is 0 Å². The average Bonchev–Trinajstić information content (AvgIpc) is 2.41. The second-order valence-electron chi connectivity index (χ2n) is 7.87. The van der Waals surface area contributed by atoms with Crippen molar-refractivity contribution >= 4 is 5.78 Å². The molecule has 0 aromatic carbocycles. The molecule has 0 aromatic heterocycles. The lowest BCUT2D eigenvalue weighted by Crippen LogP contribution is -2.34. The monoisotopic (exact) mass is 274 g/mol. The van der Waals surface area contributed by atoms with Gasteiger partial charge in [0.2, 0.25) is 0 Å². The minimum atomic E-state index is 0.236. The first kappa shape index (κ1) is 15.5. The van der Waals surface area contributed by atoms with Crippen molar-refractivity contribution in [3.8, 4) is 0 Å². The van der Waals surface area contributed by atoms with Crippen LogP contribution in [0.3, 0.4) is 0 Å². The van der Waals surface area contributed by atoms with Gasteiger partial charge in [0.05, 0.1) is 0 Å². The summed E-state index contributed by atoms with van der Waals surface area (Å²) in [4.78, 5) is 11.4. The molecule has 2 aliphatic rings. The van der Waals surface area contributed by atoms with E-state index in [2.05, 4.69) is 45.9 Å². The van der Waals surface area contributed by atoms with Crippen molar-refractivity contribution in [1.82, 2.24) is 0 Å². The van der Waals surface area contributed by atoms with Gasteiger partial charge in [0.25, 0.3) is 0 Å². The van der Waals surface area contributed by atoms with Crippen molar-refractivity contribution < 1.29 is 4.79 Å². The maximum absolute atomic E-state index is 11.4. The van der Waals surface area contributed by atoms with Crippen molar-refractivity contribution in [1.29, 1.82) is 0 Å². The normalized spacial score (nSPS) is 37.6. The molecule has 0 spiro atoms. The van der Waals surface area contributed by atoms with E-state index < -0.39 is 0 Å². The number of rotatable bonds is 4. The number of allylic oxidation sites excluding steroid dienone is 4. The van der Waals surface area contributed by atoms with E-state index in [1.165, 1.54) is 25.7 Å². The summed E-state index contributed by atoms with van der Waals surface area (Å²) in [5.41, 5.74) is 0.667. The minimum Gasteiger partial charge on any atom is -0.295 e. The van der Waals surface area contributed by atoms with Crippen LogP contribution in [0, 0.1) is 22.7 Å². The van der Waals surface area contributed by atoms with Crippen LogP contribution in [0.25, 0.3) is 0 Å². The van der Waals surface area contributed by atoms with Crippen LogP contribution in [0.15, 0.2) is 24.3 Å². The van der Waals surface area contributed by atoms with E-state index in [0.717, 1.165) is 24.7 Å². The van der Waals surface area contributed by atoms with Gasteiger partial charge in [-0.1, -0.05) is 45.9 Å². The molecule has 0 radical (unpaired) electrons. The molecule has 0 N–H and O–H groups in total. The van der Waals surface area contributed by atoms with Gasteiger partial charge in [-0.3, -0.25) is 4.79 Å². The second-order valence-corrected chi connectivity index (χ2v) is 7.87. The van der Waals surface area contributed by atoms with Gasteiger partial charge in [0.15, 0.2) is 5.78 Å². The van der Waals surface area contributed by atoms with Crippen molar-refractivity contribution in [2.45, 2.75) is 66.2 Å². The number of hydrogen-bond donors (Lipinski definition) is 0. The zero-order chi connectivity index (χ0) is 14.8. The van der Waals surface area contributed by atoms with E-state index >= 15 is 0 Å². The molecular weight excluding hydrogens is 244 g/mol. The zero-order valence-corrected chi connectivity index (χ0v) is 13.6. The van der Waals surface area contributed by atoms with E-state index in [4.69, 9.17) is 0 Å². The molecule has 0 fully saturated rings. The van der Waals surface area contributed by atoms with Crippen LogP contribution >= 0.6 is 0 Å². The number of ketones is 1. The van der Waals surface area contributed by atoms with Gasteiger partial charge in [-0.15, -0.1) is 0 Å². The molecule has 0 saturated heterocycles. The molecular formula is C19H30O. The van der Waals surface area contributed by atoms with Crippen LogP contribution < -0.4 is 0 Å². The highest BCUT2D eigenvalue weighted by Crippen LogP contribution is 2.48. The average molecular weight is 274 g/mol. The van der Waals surface area contributed by atoms with Crippen LogP contribution in [0.4, 0.5) is 0 Å². The molecule has 2 aliphatic carbocycles. The van der Waals surface area contributed by atoms with Crippen LogP contribution in [0.1, 0.15) is 66.2 Å². The standard InChI is InChI=1S/C19H30O/c1-15(2)17-7-5-6-10-19(17,4)14-13-18(3)11-8-16(20)9-12-18/h5-6,8,11,15,17H,7,9-10,12-14H2,1-4H3/t17-,18-,19-/m1/s1. The van der Waals surface area contributed by atoms with Gasteiger partial charge < -0.3 is 0 Å². The van der Waals surface area contributed by atoms with E-state index in [0.29, 0.717) is 11.2 Å². The number of hydrogen-bond acceptors (Lipinski definition) is 1. The minimum absolute atomic E-state index is 0.236. The van der Waals surface area contributed by atoms with Crippen LogP contribution in [-0.4, -0.2) is 5.78 Å². The molecule has 112 valence electrons. The fourth-order valence-corrected chi connectivity index (χ4v) is 4.04. The third kappa shape index (κ3) is 3.42. The Morgan fingerprint density at radius 3 is 2.60 bits per heavy atom. The molecule has 0 unspecified atom stereocenters. The molecule has 1 nitrogen and oxygen atoms in total. The van der Waals surface area contributed by atoms with Gasteiger partial charge >= 0.3 is 0 Å². The van der Waals surface area contributed by atoms with Crippen LogP contribution in [0.2, 0.25) is 0 Å². The smallest absolute Gasteiger partial charge is 0.155 e. The van der Waals surface area contributed by atoms with E-state index in [9.17, 15) is 4.79 Å². The first-order valence-electron chi connectivity index (χ1n) is 8.22. The highest BCUT2D eigenvalue weighted by Gasteiger charge is 2.38. The molecule has 0 saturated carbocycles. The summed E-state index contributed by atoms with van der Waals surface area (Å²) in [6.45, 7) is 9.52. The Morgan fingerprint density at radius 2 is 2.00 bits per heavy atom. The van der Waals surface area contributed by atoms with Gasteiger partial charge in [-0.2, -0.15) is 0 Å². The molecule has 0 amide bonds. The summed E-state index contributed by atoms with van der Waals surface area (Å²) >= 11 is 0. The quantitative estimate of drug-likeness (QED) is 0.634. The summed E-state index contributed by atoms with van der Waals surface area (Å²) in [5.74, 6) is 1.85. The predicted octanol–water partition coefficient (Wildman–Crippen LogP) is 5.32. The summed E-state index contributed by atoms with van der Waals surface area (Å²) < 4.78 is 0. The fourth-order valence-electron chi connectivity index (χ4n) is 4.04. The van der Waals surface area contributed by atoms with Crippen molar-refractivity contribution in [3.05, 3.63) is 24.3 Å². The third-order valence-electron chi connectivity index (χ3n) is 5.72. The maximum Gasteiger partial charge on any atom is 0.155 e. The Balaban J connectivity index is 2.03. The Labute approximate surface area is 124 Å². The molecule has 2 rings (SSSR count). The Morgan fingerprint density at radius 1 is 1.25 bits per heavy atom. The summed E-state index contributed by atoms with van der Waals surface area (Å²) in [7, 11) is 0. The SMILES string of the molecule is CC(C)[C@H]1CC=CC[C@]1(C)CC[C@]1(C)C=CC(=O)CC1. The first-order chi connectivity index (χ1) is 9.35. The van der Waals surface area contributed by atoms with Crippen molar-refractivity contribution in [2.24, 2.45) is 22.7 Å². The Kier molecular flexibility index (Phi) is 4.56. The van der Waals surface area contributed by atoms with Crippen LogP contribution in [0.5, 0.6) is 0 Å². The molecule has 1 heteroatoms. The lowest BCUT2D eigenvalue weighted by atomic mass is 9.61. The van der Waals surface area contributed by atoms with Gasteiger partial charge in [0, 0.05) is 6.42 Å². The molecule has 0 aliphatic heterocycles. The summed E-state index contributed by atoms with van der Waals surface area (Å²) in [6.07, 6.45) is 15.4. The molecule has 3 atom stereocenters. The largest absolute Gasteiger partial charge is 0.295 e. The highest BCUT2D eigenvalue weighted by atomic mass is 16.1. The lowest BCUT2D eigenvalue weighted by Gasteiger charge is -2.44. The molecule has 0 heterocycles. The van der Waals surface area contributed by atoms with Crippen molar-refractivity contribution in [2.75, 3.05) is 0 Å². The van der Waals surface area contributed by atoms with Gasteiger partial charge in [-0.05, 0) is 60.8 Å². The second kappa shape index (κ2) is 5.87. The molecule has 20 heavy (non-hydrogen) atoms. The number of carbonyl (C=O) groups is 1. The number of carbonyl (C=O) groups excluding carboxylic acids is 1. The summed E-state index contributed by atoms with van der Waals surface area (Å²) in [6, 6.07) is 0. The molecule has 0 aromatic rings. The topological polar surface area (TPSA) is 17.1 Å². The third-order valence-corrected chi connectivity index (χ3v) is 5.72. The zero-order valence-electron chi connectivity index (χ0n) is 13.6. The fraction of sp³-hybridized carbons (Fsp3) is 0.737. The first-order valence-corrected chi connectivity index (χ1v) is 8.22. The van der Waals surface area contributed by atoms with Gasteiger partial charge in [0.1, 0.15) is 0 Å². The van der Waals surface area contributed by atoms with Gasteiger partial charge in [-0.25, -0.2) is 0 Å². The van der Waals surface area contributed by atoms with E-state index in [-0.39, 0.29) is 5.41 Å². The Bertz CT molecular complexity index is 417. The molecule has 0 bridgehead atoms. The predicted molar refractivity (Wildman–Crippen MR) is 85.5 cm³/mol. The summed E-state index contributed by atoms with van der Waals surface area (Å²) in [5, 5.41) is 0. The van der Waals surface area contributed by atoms with Crippen LogP contribution in [-0.2, 0) is 4.79 Å². The maximum atomic E-state index is 11.4. The highest BCUT2D eigenvalue weighted by molar-refractivity contribution is 5.90. The Hall–Kier alpha value is -0.850. The van der Waals surface area contributed by atoms with E-state index in [1.807, 2.05) is 6.08 Å².